The third-order valence-electron chi connectivity index (χ3n) is 2.55. The van der Waals surface area contributed by atoms with Crippen LogP contribution in [0.3, 0.4) is 0 Å². The van der Waals surface area contributed by atoms with Crippen molar-refractivity contribution in [3.8, 4) is 12.3 Å². The summed E-state index contributed by atoms with van der Waals surface area (Å²) in [5.41, 5.74) is 1.43. The number of terminal acetylenes is 1. The number of hydrogen-bond acceptors (Lipinski definition) is 1. The molecule has 1 aliphatic rings. The molecule has 0 N–H and O–H groups in total. The molecule has 1 aromatic carbocycles. The monoisotopic (exact) mass is 184 g/mol. The number of Topliss-reactive ketones (excluding diaryl/α,β-unsaturated/α-hetero) is 1. The zero-order valence-corrected chi connectivity index (χ0v) is 7.99. The molecule has 0 radical (unpaired) electrons. The van der Waals surface area contributed by atoms with Crippen LogP contribution in [0.5, 0.6) is 0 Å². The first-order chi connectivity index (χ1) is 6.81. The summed E-state index contributed by atoms with van der Waals surface area (Å²) in [5, 5.41) is 0. The van der Waals surface area contributed by atoms with E-state index in [0.717, 1.165) is 5.56 Å². The molecular weight excluding hydrogens is 172 g/mol. The van der Waals surface area contributed by atoms with Crippen LogP contribution in [0.4, 0.5) is 0 Å². The van der Waals surface area contributed by atoms with Crippen LogP contribution in [0.25, 0.3) is 0 Å². The molecule has 14 heavy (non-hydrogen) atoms. The van der Waals surface area contributed by atoms with Crippen molar-refractivity contribution in [1.82, 2.24) is 0 Å². The van der Waals surface area contributed by atoms with Gasteiger partial charge in [0, 0.05) is 17.5 Å². The first-order valence-electron chi connectivity index (χ1n) is 4.90. The zero-order valence-electron chi connectivity index (χ0n) is 7.99. The van der Waals surface area contributed by atoms with E-state index in [2.05, 4.69) is 5.92 Å². The fraction of sp³-hybridized carbons (Fsp3) is 0.308. The number of carbonyl (C=O) groups excluding carboxylic acids is 1. The lowest BCUT2D eigenvalue weighted by atomic mass is 10.0. The highest BCUT2D eigenvalue weighted by molar-refractivity contribution is 5.98. The largest absolute Gasteiger partial charge is 0.294 e. The lowest BCUT2D eigenvalue weighted by Crippen LogP contribution is -2.02. The van der Waals surface area contributed by atoms with E-state index in [1.807, 2.05) is 24.3 Å². The topological polar surface area (TPSA) is 17.1 Å². The van der Waals surface area contributed by atoms with E-state index in [4.69, 9.17) is 6.42 Å². The van der Waals surface area contributed by atoms with Gasteiger partial charge in [-0.05, 0) is 24.8 Å². The van der Waals surface area contributed by atoms with Gasteiger partial charge < -0.3 is 0 Å². The molecule has 1 fully saturated rings. The van der Waals surface area contributed by atoms with Gasteiger partial charge in [-0.2, -0.15) is 0 Å². The Hall–Kier alpha value is -1.55. The molecule has 70 valence electrons. The number of rotatable bonds is 3. The summed E-state index contributed by atoms with van der Waals surface area (Å²) in [7, 11) is 0. The molecule has 1 aromatic rings. The van der Waals surface area contributed by atoms with Crippen LogP contribution in [0.15, 0.2) is 24.3 Å². The lowest BCUT2D eigenvalue weighted by Gasteiger charge is -2.02. The van der Waals surface area contributed by atoms with Crippen molar-refractivity contribution in [3.63, 3.8) is 0 Å². The molecule has 0 unspecified atom stereocenters. The van der Waals surface area contributed by atoms with E-state index in [1.165, 1.54) is 12.8 Å². The van der Waals surface area contributed by atoms with Gasteiger partial charge in [0.1, 0.15) is 0 Å². The molecule has 1 saturated carbocycles. The second-order valence-electron chi connectivity index (χ2n) is 3.76. The quantitative estimate of drug-likeness (QED) is 0.521. The molecule has 0 bridgehead atoms. The normalized spacial score (nSPS) is 14.8. The van der Waals surface area contributed by atoms with Crippen LogP contribution < -0.4 is 0 Å². The minimum atomic E-state index is 0.195. The van der Waals surface area contributed by atoms with Gasteiger partial charge in [0.2, 0.25) is 0 Å². The highest BCUT2D eigenvalue weighted by Crippen LogP contribution is 2.33. The maximum absolute atomic E-state index is 11.8. The summed E-state index contributed by atoms with van der Waals surface area (Å²) < 4.78 is 0. The van der Waals surface area contributed by atoms with Crippen molar-refractivity contribution in [1.29, 1.82) is 0 Å². The number of carbonyl (C=O) groups is 1. The summed E-state index contributed by atoms with van der Waals surface area (Å²) in [6.45, 7) is 0. The average Bonchev–Trinajstić information content (AvgIpc) is 3.01. The first-order valence-corrected chi connectivity index (χ1v) is 4.90. The van der Waals surface area contributed by atoms with Crippen molar-refractivity contribution >= 4 is 5.78 Å². The Morgan fingerprint density at radius 3 is 2.79 bits per heavy atom. The van der Waals surface area contributed by atoms with E-state index in [0.29, 0.717) is 17.9 Å². The molecule has 2 rings (SSSR count). The Morgan fingerprint density at radius 1 is 1.43 bits per heavy atom. The zero-order chi connectivity index (χ0) is 9.97. The Bertz CT molecular complexity index is 394. The third-order valence-corrected chi connectivity index (χ3v) is 2.55. The molecule has 0 amide bonds. The second kappa shape index (κ2) is 3.67. The maximum atomic E-state index is 11.8. The second-order valence-corrected chi connectivity index (χ2v) is 3.76. The van der Waals surface area contributed by atoms with Crippen LogP contribution in [0.1, 0.15) is 35.2 Å². The first kappa shape index (κ1) is 9.02. The van der Waals surface area contributed by atoms with Gasteiger partial charge in [0.25, 0.3) is 0 Å². The van der Waals surface area contributed by atoms with E-state index in [9.17, 15) is 4.79 Å². The van der Waals surface area contributed by atoms with Crippen molar-refractivity contribution in [2.24, 2.45) is 5.92 Å². The molecule has 1 heteroatoms. The summed E-state index contributed by atoms with van der Waals surface area (Å²) in [6, 6.07) is 7.37. The number of benzene rings is 1. The van der Waals surface area contributed by atoms with Crippen molar-refractivity contribution < 1.29 is 4.79 Å². The SMILES string of the molecule is C#Cc1ccccc1C(=O)CC1CC1. The van der Waals surface area contributed by atoms with Gasteiger partial charge in [-0.15, -0.1) is 6.42 Å². The van der Waals surface area contributed by atoms with Crippen LogP contribution in [-0.2, 0) is 0 Å². The minimum absolute atomic E-state index is 0.195. The molecule has 0 saturated heterocycles. The number of hydrogen-bond donors (Lipinski definition) is 0. The van der Waals surface area contributed by atoms with Gasteiger partial charge >= 0.3 is 0 Å². The van der Waals surface area contributed by atoms with E-state index in [1.54, 1.807) is 0 Å². The van der Waals surface area contributed by atoms with E-state index < -0.39 is 0 Å². The van der Waals surface area contributed by atoms with Gasteiger partial charge in [-0.3, -0.25) is 4.79 Å². The highest BCUT2D eigenvalue weighted by atomic mass is 16.1. The fourth-order valence-corrected chi connectivity index (χ4v) is 1.55. The van der Waals surface area contributed by atoms with Gasteiger partial charge in [0.15, 0.2) is 5.78 Å². The maximum Gasteiger partial charge on any atom is 0.164 e. The molecular formula is C13H12O. The molecule has 0 spiro atoms. The summed E-state index contributed by atoms with van der Waals surface area (Å²) in [5.74, 6) is 3.36. The highest BCUT2D eigenvalue weighted by Gasteiger charge is 2.25. The van der Waals surface area contributed by atoms with Gasteiger partial charge in [-0.1, -0.05) is 24.1 Å². The predicted octanol–water partition coefficient (Wildman–Crippen LogP) is 2.65. The molecule has 0 aliphatic heterocycles. The molecule has 1 aliphatic carbocycles. The fourth-order valence-electron chi connectivity index (χ4n) is 1.55. The lowest BCUT2D eigenvalue weighted by molar-refractivity contribution is 0.0976. The van der Waals surface area contributed by atoms with Crippen molar-refractivity contribution in [2.75, 3.05) is 0 Å². The van der Waals surface area contributed by atoms with E-state index in [-0.39, 0.29) is 5.78 Å². The van der Waals surface area contributed by atoms with Crippen LogP contribution in [0, 0.1) is 18.3 Å². The van der Waals surface area contributed by atoms with Gasteiger partial charge in [0.05, 0.1) is 0 Å². The van der Waals surface area contributed by atoms with Crippen molar-refractivity contribution in [3.05, 3.63) is 35.4 Å². The van der Waals surface area contributed by atoms with Crippen LogP contribution in [-0.4, -0.2) is 5.78 Å². The Kier molecular flexibility index (Phi) is 2.37. The molecule has 1 nitrogen and oxygen atoms in total. The van der Waals surface area contributed by atoms with Crippen molar-refractivity contribution in [2.45, 2.75) is 19.3 Å². The average molecular weight is 184 g/mol. The predicted molar refractivity (Wildman–Crippen MR) is 56.0 cm³/mol. The number of ketones is 1. The standard InChI is InChI=1S/C13H12O/c1-2-11-5-3-4-6-12(11)13(14)9-10-7-8-10/h1,3-6,10H,7-9H2. The minimum Gasteiger partial charge on any atom is -0.294 e. The third kappa shape index (κ3) is 1.85. The van der Waals surface area contributed by atoms with E-state index >= 15 is 0 Å². The van der Waals surface area contributed by atoms with Crippen LogP contribution >= 0.6 is 0 Å². The molecule has 0 heterocycles. The Morgan fingerprint density at radius 2 is 2.14 bits per heavy atom. The summed E-state index contributed by atoms with van der Waals surface area (Å²) >= 11 is 0. The van der Waals surface area contributed by atoms with Crippen LogP contribution in [0.2, 0.25) is 0 Å². The van der Waals surface area contributed by atoms with Gasteiger partial charge in [-0.25, -0.2) is 0 Å². The molecule has 0 aromatic heterocycles. The smallest absolute Gasteiger partial charge is 0.164 e. The summed E-state index contributed by atoms with van der Waals surface area (Å²) in [6.07, 6.45) is 8.39. The Labute approximate surface area is 84.1 Å². The Balaban J connectivity index is 2.21. The molecule has 0 atom stereocenters. The summed E-state index contributed by atoms with van der Waals surface area (Å²) in [4.78, 5) is 11.8.